The molecule has 1 rings (SSSR count). The van der Waals surface area contributed by atoms with Gasteiger partial charge in [-0.15, -0.1) is 0 Å². The molecule has 0 aliphatic heterocycles. The number of aliphatic hydroxyl groups is 1. The predicted molar refractivity (Wildman–Crippen MR) is 67.3 cm³/mol. The summed E-state index contributed by atoms with van der Waals surface area (Å²) >= 11 is 0. The molecule has 0 bridgehead atoms. The van der Waals surface area contributed by atoms with E-state index in [4.69, 9.17) is 5.11 Å². The molecule has 2 N–H and O–H groups in total. The summed E-state index contributed by atoms with van der Waals surface area (Å²) in [7, 11) is 0. The molecule has 0 atom stereocenters. The second-order valence-corrected chi connectivity index (χ2v) is 3.83. The van der Waals surface area contributed by atoms with E-state index in [0.717, 1.165) is 16.7 Å². The number of nitrogens with one attached hydrogen (secondary N) is 1. The maximum absolute atomic E-state index is 10.6. The van der Waals surface area contributed by atoms with Crippen LogP contribution in [-0.2, 0) is 11.4 Å². The molecule has 0 unspecified atom stereocenters. The summed E-state index contributed by atoms with van der Waals surface area (Å²) in [6.45, 7) is 4.08. The van der Waals surface area contributed by atoms with Crippen molar-refractivity contribution in [2.24, 2.45) is 0 Å². The third-order valence-electron chi connectivity index (χ3n) is 2.37. The van der Waals surface area contributed by atoms with Gasteiger partial charge in [0, 0.05) is 25.5 Å². The molecule has 0 aromatic heterocycles. The second kappa shape index (κ2) is 6.72. The fraction of sp³-hybridized carbons (Fsp3) is 0.357. The van der Waals surface area contributed by atoms with Gasteiger partial charge in [-0.05, 0) is 30.2 Å². The summed E-state index contributed by atoms with van der Waals surface area (Å²) in [6, 6.07) is 5.73. The number of rotatable bonds is 3. The van der Waals surface area contributed by atoms with Crippen molar-refractivity contribution in [2.45, 2.75) is 26.9 Å². The second-order valence-electron chi connectivity index (χ2n) is 3.83. The number of aryl methyl sites for hydroxylation is 1. The van der Waals surface area contributed by atoms with Gasteiger partial charge in [0.1, 0.15) is 0 Å². The monoisotopic (exact) mass is 231 g/mol. The number of benzene rings is 1. The van der Waals surface area contributed by atoms with Crippen molar-refractivity contribution in [3.8, 4) is 11.8 Å². The van der Waals surface area contributed by atoms with Gasteiger partial charge in [-0.25, -0.2) is 0 Å². The van der Waals surface area contributed by atoms with Gasteiger partial charge < -0.3 is 10.4 Å². The van der Waals surface area contributed by atoms with Crippen molar-refractivity contribution in [1.29, 1.82) is 0 Å². The minimum atomic E-state index is -0.0325. The summed E-state index contributed by atoms with van der Waals surface area (Å²) in [5, 5.41) is 11.7. The Bertz CT molecular complexity index is 455. The van der Waals surface area contributed by atoms with E-state index in [1.807, 2.05) is 25.1 Å². The van der Waals surface area contributed by atoms with Crippen LogP contribution in [0.25, 0.3) is 0 Å². The van der Waals surface area contributed by atoms with Crippen molar-refractivity contribution < 1.29 is 9.90 Å². The zero-order chi connectivity index (χ0) is 12.7. The first kappa shape index (κ1) is 13.3. The Labute approximate surface area is 102 Å². The molecular weight excluding hydrogens is 214 g/mol. The molecule has 0 aliphatic rings. The highest BCUT2D eigenvalue weighted by Crippen LogP contribution is 2.10. The molecule has 1 amide bonds. The first-order chi connectivity index (χ1) is 8.13. The highest BCUT2D eigenvalue weighted by Gasteiger charge is 1.96. The van der Waals surface area contributed by atoms with E-state index in [-0.39, 0.29) is 12.5 Å². The summed E-state index contributed by atoms with van der Waals surface area (Å²) in [5.41, 5.74) is 2.90. The van der Waals surface area contributed by atoms with Crippen molar-refractivity contribution in [1.82, 2.24) is 5.32 Å². The number of carbonyl (C=O) groups excluding carboxylic acids is 1. The van der Waals surface area contributed by atoms with Crippen molar-refractivity contribution in [2.75, 3.05) is 6.54 Å². The van der Waals surface area contributed by atoms with E-state index in [9.17, 15) is 4.79 Å². The zero-order valence-electron chi connectivity index (χ0n) is 10.2. The summed E-state index contributed by atoms with van der Waals surface area (Å²) < 4.78 is 0. The average molecular weight is 231 g/mol. The fourth-order valence-electron chi connectivity index (χ4n) is 1.42. The van der Waals surface area contributed by atoms with Gasteiger partial charge in [-0.3, -0.25) is 4.79 Å². The molecule has 1 aromatic carbocycles. The Hall–Kier alpha value is -1.79. The molecular formula is C14H17NO2. The van der Waals surface area contributed by atoms with E-state index in [2.05, 4.69) is 17.2 Å². The summed E-state index contributed by atoms with van der Waals surface area (Å²) in [4.78, 5) is 10.6. The lowest BCUT2D eigenvalue weighted by Gasteiger charge is -2.01. The maximum Gasteiger partial charge on any atom is 0.216 e. The average Bonchev–Trinajstić information content (AvgIpc) is 2.28. The molecule has 1 aromatic rings. The first-order valence-electron chi connectivity index (χ1n) is 5.57. The summed E-state index contributed by atoms with van der Waals surface area (Å²) in [5.74, 6) is 5.99. The standard InChI is InChI=1S/C14H17NO2/c1-11-9-13(6-7-14(11)10-16)5-3-4-8-15-12(2)17/h6-7,9,16H,4,8,10H2,1-2H3,(H,15,17). The number of aliphatic hydroxyl groups excluding tert-OH is 1. The van der Waals surface area contributed by atoms with E-state index >= 15 is 0 Å². The topological polar surface area (TPSA) is 49.3 Å². The lowest BCUT2D eigenvalue weighted by Crippen LogP contribution is -2.20. The predicted octanol–water partition coefficient (Wildman–Crippen LogP) is 1.37. The largest absolute Gasteiger partial charge is 0.392 e. The van der Waals surface area contributed by atoms with E-state index in [1.165, 1.54) is 6.92 Å². The molecule has 17 heavy (non-hydrogen) atoms. The van der Waals surface area contributed by atoms with Crippen molar-refractivity contribution >= 4 is 5.91 Å². The lowest BCUT2D eigenvalue weighted by atomic mass is 10.1. The third-order valence-corrected chi connectivity index (χ3v) is 2.37. The summed E-state index contributed by atoms with van der Waals surface area (Å²) in [6.07, 6.45) is 0.639. The van der Waals surface area contributed by atoms with Crippen LogP contribution in [0.15, 0.2) is 18.2 Å². The molecule has 0 radical (unpaired) electrons. The molecule has 0 heterocycles. The number of hydrogen-bond acceptors (Lipinski definition) is 2. The molecule has 0 saturated heterocycles. The molecule has 0 fully saturated rings. The molecule has 0 aliphatic carbocycles. The van der Waals surface area contributed by atoms with Crippen LogP contribution in [0.3, 0.4) is 0 Å². The molecule has 3 nitrogen and oxygen atoms in total. The normalized spacial score (nSPS) is 9.35. The van der Waals surface area contributed by atoms with Crippen molar-refractivity contribution in [3.63, 3.8) is 0 Å². The highest BCUT2D eigenvalue weighted by molar-refractivity contribution is 5.72. The van der Waals surface area contributed by atoms with Crippen molar-refractivity contribution in [3.05, 3.63) is 34.9 Å². The molecule has 0 spiro atoms. The third kappa shape index (κ3) is 4.71. The van der Waals surface area contributed by atoms with Gasteiger partial charge in [-0.2, -0.15) is 0 Å². The van der Waals surface area contributed by atoms with Crippen LogP contribution in [0, 0.1) is 18.8 Å². The van der Waals surface area contributed by atoms with Crippen LogP contribution in [0.2, 0.25) is 0 Å². The Kier molecular flexibility index (Phi) is 5.25. The van der Waals surface area contributed by atoms with Gasteiger partial charge in [0.25, 0.3) is 0 Å². The van der Waals surface area contributed by atoms with Gasteiger partial charge in [0.2, 0.25) is 5.91 Å². The lowest BCUT2D eigenvalue weighted by molar-refractivity contribution is -0.118. The van der Waals surface area contributed by atoms with Crippen LogP contribution in [0.5, 0.6) is 0 Å². The van der Waals surface area contributed by atoms with E-state index in [0.29, 0.717) is 13.0 Å². The Balaban J connectivity index is 2.54. The molecule has 0 saturated carbocycles. The number of amides is 1. The SMILES string of the molecule is CC(=O)NCCC#Cc1ccc(CO)c(C)c1. The Morgan fingerprint density at radius 3 is 2.82 bits per heavy atom. The van der Waals surface area contributed by atoms with Gasteiger partial charge in [-0.1, -0.05) is 17.9 Å². The van der Waals surface area contributed by atoms with E-state index < -0.39 is 0 Å². The van der Waals surface area contributed by atoms with E-state index in [1.54, 1.807) is 0 Å². The smallest absolute Gasteiger partial charge is 0.216 e. The number of carbonyl (C=O) groups is 1. The Morgan fingerprint density at radius 2 is 2.24 bits per heavy atom. The minimum Gasteiger partial charge on any atom is -0.392 e. The van der Waals surface area contributed by atoms with Crippen LogP contribution in [0.4, 0.5) is 0 Å². The zero-order valence-corrected chi connectivity index (χ0v) is 10.2. The Morgan fingerprint density at radius 1 is 1.47 bits per heavy atom. The quantitative estimate of drug-likeness (QED) is 0.609. The van der Waals surface area contributed by atoms with Crippen LogP contribution in [0.1, 0.15) is 30.0 Å². The molecule has 3 heteroatoms. The minimum absolute atomic E-state index is 0.0325. The van der Waals surface area contributed by atoms with Crippen LogP contribution < -0.4 is 5.32 Å². The van der Waals surface area contributed by atoms with Gasteiger partial charge >= 0.3 is 0 Å². The fourth-order valence-corrected chi connectivity index (χ4v) is 1.42. The van der Waals surface area contributed by atoms with Crippen LogP contribution in [-0.4, -0.2) is 17.6 Å². The maximum atomic E-state index is 10.6. The number of hydrogen-bond donors (Lipinski definition) is 2. The van der Waals surface area contributed by atoms with Crippen LogP contribution >= 0.6 is 0 Å². The highest BCUT2D eigenvalue weighted by atomic mass is 16.3. The first-order valence-corrected chi connectivity index (χ1v) is 5.57. The molecule has 90 valence electrons. The van der Waals surface area contributed by atoms with Gasteiger partial charge in [0.15, 0.2) is 0 Å². The van der Waals surface area contributed by atoms with Gasteiger partial charge in [0.05, 0.1) is 6.61 Å².